The minimum Gasteiger partial charge on any atom is -0.369 e. The van der Waals surface area contributed by atoms with Gasteiger partial charge >= 0.3 is 0 Å². The number of thiophene rings is 1. The Kier molecular flexibility index (Phi) is 4.86. The normalized spacial score (nSPS) is 17.8. The summed E-state index contributed by atoms with van der Waals surface area (Å²) < 4.78 is 11.4. The van der Waals surface area contributed by atoms with Crippen LogP contribution in [0.1, 0.15) is 38.8 Å². The van der Waals surface area contributed by atoms with Crippen molar-refractivity contribution >= 4 is 17.2 Å². The lowest BCUT2D eigenvalue weighted by atomic mass is 9.86. The van der Waals surface area contributed by atoms with Gasteiger partial charge in [0.05, 0.1) is 18.0 Å². The van der Waals surface area contributed by atoms with Gasteiger partial charge in [-0.3, -0.25) is 9.78 Å². The van der Waals surface area contributed by atoms with Crippen LogP contribution >= 0.6 is 11.3 Å². The van der Waals surface area contributed by atoms with E-state index in [4.69, 9.17) is 9.26 Å². The molecular weight excluding hydrogens is 390 g/mol. The van der Waals surface area contributed by atoms with Gasteiger partial charge in [0.15, 0.2) is 0 Å². The van der Waals surface area contributed by atoms with Gasteiger partial charge in [0.2, 0.25) is 11.7 Å². The second kappa shape index (κ2) is 7.66. The molecule has 5 heterocycles. The zero-order chi connectivity index (χ0) is 19.7. The van der Waals surface area contributed by atoms with Crippen molar-refractivity contribution in [3.8, 4) is 11.5 Å². The van der Waals surface area contributed by atoms with Crippen LogP contribution in [0.4, 0.5) is 0 Å². The average molecular weight is 411 g/mol. The van der Waals surface area contributed by atoms with Crippen LogP contribution in [-0.2, 0) is 23.3 Å². The zero-order valence-electron chi connectivity index (χ0n) is 15.8. The van der Waals surface area contributed by atoms with Gasteiger partial charge in [-0.1, -0.05) is 11.2 Å². The van der Waals surface area contributed by atoms with E-state index in [1.165, 1.54) is 10.4 Å². The third kappa shape index (κ3) is 3.57. The van der Waals surface area contributed by atoms with E-state index in [2.05, 4.69) is 25.8 Å². The summed E-state index contributed by atoms with van der Waals surface area (Å²) in [4.78, 5) is 23.1. The van der Waals surface area contributed by atoms with E-state index in [0.29, 0.717) is 28.9 Å². The molecule has 0 atom stereocenters. The third-order valence-electron chi connectivity index (χ3n) is 5.37. The van der Waals surface area contributed by atoms with Gasteiger partial charge in [-0.15, -0.1) is 11.3 Å². The number of nitrogens with one attached hydrogen (secondary N) is 2. The highest BCUT2D eigenvalue weighted by Crippen LogP contribution is 2.44. The van der Waals surface area contributed by atoms with Crippen molar-refractivity contribution in [1.29, 1.82) is 0 Å². The fourth-order valence-electron chi connectivity index (χ4n) is 3.90. The second-order valence-corrected chi connectivity index (χ2v) is 8.27. The first-order chi connectivity index (χ1) is 14.2. The predicted molar refractivity (Wildman–Crippen MR) is 106 cm³/mol. The second-order valence-electron chi connectivity index (χ2n) is 7.22. The Hall–Kier alpha value is -2.62. The molecule has 29 heavy (non-hydrogen) atoms. The summed E-state index contributed by atoms with van der Waals surface area (Å²) in [5.41, 5.74) is 1.64. The van der Waals surface area contributed by atoms with Gasteiger partial charge in [0, 0.05) is 11.1 Å². The van der Waals surface area contributed by atoms with E-state index in [0.717, 1.165) is 32.4 Å². The van der Waals surface area contributed by atoms with Crippen LogP contribution in [0.5, 0.6) is 0 Å². The maximum absolute atomic E-state index is 12.7. The Bertz CT molecular complexity index is 1010. The number of fused-ring (bicyclic) bond motifs is 2. The van der Waals surface area contributed by atoms with Gasteiger partial charge in [-0.25, -0.2) is 0 Å². The molecular formula is C20H21N5O3S. The number of ether oxygens (including phenoxy) is 1. The van der Waals surface area contributed by atoms with Crippen molar-refractivity contribution in [3.63, 3.8) is 0 Å². The molecule has 0 saturated carbocycles. The molecule has 5 rings (SSSR count). The number of carbonyl (C=O) groups excluding carboxylic acids is 1. The van der Waals surface area contributed by atoms with Crippen LogP contribution in [0.15, 0.2) is 35.0 Å². The fourth-order valence-corrected chi connectivity index (χ4v) is 5.23. The molecule has 0 radical (unpaired) electrons. The first-order valence-corrected chi connectivity index (χ1v) is 10.6. The summed E-state index contributed by atoms with van der Waals surface area (Å²) >= 11 is 1.54. The van der Waals surface area contributed by atoms with Crippen LogP contribution in [0.25, 0.3) is 11.5 Å². The summed E-state index contributed by atoms with van der Waals surface area (Å²) in [5.74, 6) is 0.621. The Labute approximate surface area is 171 Å². The molecule has 1 saturated heterocycles. The number of carbonyl (C=O) groups is 1. The molecule has 9 heteroatoms. The molecule has 150 valence electrons. The third-order valence-corrected chi connectivity index (χ3v) is 6.73. The van der Waals surface area contributed by atoms with Crippen LogP contribution in [0, 0.1) is 0 Å². The Morgan fingerprint density at radius 2 is 2.21 bits per heavy atom. The van der Waals surface area contributed by atoms with E-state index in [9.17, 15) is 4.79 Å². The number of piperidine rings is 1. The quantitative estimate of drug-likeness (QED) is 0.679. The van der Waals surface area contributed by atoms with E-state index in [1.54, 1.807) is 17.5 Å². The Morgan fingerprint density at radius 1 is 1.31 bits per heavy atom. The largest absolute Gasteiger partial charge is 0.369 e. The molecule has 0 aromatic carbocycles. The maximum atomic E-state index is 12.7. The SMILES string of the molecule is O=C(NCc1nc(-c2ccccn2)no1)c1cc2c(s1)C1(CCNCC1)OCC2. The number of rotatable bonds is 4. The lowest BCUT2D eigenvalue weighted by Gasteiger charge is -2.40. The fraction of sp³-hybridized carbons (Fsp3) is 0.400. The number of amides is 1. The highest BCUT2D eigenvalue weighted by molar-refractivity contribution is 7.14. The molecule has 8 nitrogen and oxygen atoms in total. The molecule has 2 aliphatic heterocycles. The van der Waals surface area contributed by atoms with Crippen molar-refractivity contribution in [1.82, 2.24) is 25.8 Å². The van der Waals surface area contributed by atoms with Crippen molar-refractivity contribution in [3.05, 3.63) is 51.7 Å². The zero-order valence-corrected chi connectivity index (χ0v) is 16.6. The number of nitrogens with zero attached hydrogens (tertiary/aromatic N) is 3. The van der Waals surface area contributed by atoms with Gasteiger partial charge < -0.3 is 19.9 Å². The monoisotopic (exact) mass is 411 g/mol. The van der Waals surface area contributed by atoms with Crippen LogP contribution in [0.3, 0.4) is 0 Å². The Morgan fingerprint density at radius 3 is 3.03 bits per heavy atom. The molecule has 3 aromatic heterocycles. The van der Waals surface area contributed by atoms with Gasteiger partial charge in [0.25, 0.3) is 5.91 Å². The van der Waals surface area contributed by atoms with E-state index >= 15 is 0 Å². The maximum Gasteiger partial charge on any atom is 0.261 e. The highest BCUT2D eigenvalue weighted by Gasteiger charge is 2.41. The van der Waals surface area contributed by atoms with Crippen molar-refractivity contribution in [2.24, 2.45) is 0 Å². The van der Waals surface area contributed by atoms with Crippen molar-refractivity contribution < 1.29 is 14.1 Å². The van der Waals surface area contributed by atoms with E-state index < -0.39 is 0 Å². The Balaban J connectivity index is 1.28. The lowest BCUT2D eigenvalue weighted by molar-refractivity contribution is -0.0771. The van der Waals surface area contributed by atoms with Gasteiger partial charge in [0.1, 0.15) is 11.3 Å². The van der Waals surface area contributed by atoms with Crippen LogP contribution < -0.4 is 10.6 Å². The summed E-state index contributed by atoms with van der Waals surface area (Å²) in [5, 5.41) is 10.2. The first-order valence-electron chi connectivity index (χ1n) is 9.74. The number of hydrogen-bond donors (Lipinski definition) is 2. The summed E-state index contributed by atoms with van der Waals surface area (Å²) in [6.07, 6.45) is 4.41. The number of aromatic nitrogens is 3. The molecule has 0 aliphatic carbocycles. The van der Waals surface area contributed by atoms with Crippen LogP contribution in [0.2, 0.25) is 0 Å². The van der Waals surface area contributed by atoms with Gasteiger partial charge in [-0.2, -0.15) is 4.98 Å². The minimum atomic E-state index is -0.230. The molecule has 1 spiro atoms. The molecule has 3 aromatic rings. The molecule has 0 bridgehead atoms. The van der Waals surface area contributed by atoms with Crippen molar-refractivity contribution in [2.45, 2.75) is 31.4 Å². The topological polar surface area (TPSA) is 102 Å². The minimum absolute atomic E-state index is 0.133. The van der Waals surface area contributed by atoms with E-state index in [1.807, 2.05) is 24.3 Å². The molecule has 1 fully saturated rings. The number of pyridine rings is 1. The van der Waals surface area contributed by atoms with Crippen LogP contribution in [-0.4, -0.2) is 40.7 Å². The van der Waals surface area contributed by atoms with Crippen molar-refractivity contribution in [2.75, 3.05) is 19.7 Å². The lowest BCUT2D eigenvalue weighted by Crippen LogP contribution is -2.43. The summed E-state index contributed by atoms with van der Waals surface area (Å²) in [7, 11) is 0. The smallest absolute Gasteiger partial charge is 0.261 e. The standard InChI is InChI=1S/C20H21N5O3S/c26-19(23-12-16-24-18(25-28-16)14-3-1-2-7-22-14)15-11-13-4-10-27-20(17(13)29-15)5-8-21-9-6-20/h1-3,7,11,21H,4-6,8-10,12H2,(H,23,26). The predicted octanol–water partition coefficient (Wildman–Crippen LogP) is 2.27. The average Bonchev–Trinajstić information content (AvgIpc) is 3.42. The molecule has 2 N–H and O–H groups in total. The first kappa shape index (κ1) is 18.4. The summed E-state index contributed by atoms with van der Waals surface area (Å²) in [6.45, 7) is 2.76. The molecule has 2 aliphatic rings. The number of hydrogen-bond acceptors (Lipinski definition) is 8. The molecule has 1 amide bonds. The highest BCUT2D eigenvalue weighted by atomic mass is 32.1. The molecule has 0 unspecified atom stereocenters. The van der Waals surface area contributed by atoms with Gasteiger partial charge in [-0.05, 0) is 56.1 Å². The van der Waals surface area contributed by atoms with E-state index in [-0.39, 0.29) is 18.1 Å². The summed E-state index contributed by atoms with van der Waals surface area (Å²) in [6, 6.07) is 7.50.